The maximum atomic E-state index is 11.3. The number of aromatic amines is 2. The van der Waals surface area contributed by atoms with Crippen LogP contribution in [0.5, 0.6) is 11.5 Å². The average Bonchev–Trinajstić information content (AvgIpc) is 3.95. The zero-order valence-corrected chi connectivity index (χ0v) is 43.9. The number of rotatable bonds is 20. The van der Waals surface area contributed by atoms with Crippen molar-refractivity contribution >= 4 is 43.7 Å². The summed E-state index contributed by atoms with van der Waals surface area (Å²) in [6.45, 7) is 19.0. The summed E-state index contributed by atoms with van der Waals surface area (Å²) in [6.07, 6.45) is 14.3. The lowest BCUT2D eigenvalue weighted by Gasteiger charge is -2.19. The lowest BCUT2D eigenvalue weighted by atomic mass is 9.86. The molecule has 72 heavy (non-hydrogen) atoms. The highest BCUT2D eigenvalue weighted by Gasteiger charge is 2.24. The van der Waals surface area contributed by atoms with E-state index < -0.39 is 0 Å². The highest BCUT2D eigenvalue weighted by Crippen LogP contribution is 2.35. The molecule has 8 heteroatoms. The van der Waals surface area contributed by atoms with Crippen LogP contribution >= 0.6 is 0 Å². The van der Waals surface area contributed by atoms with Crippen molar-refractivity contribution in [1.29, 1.82) is 10.5 Å². The fourth-order valence-corrected chi connectivity index (χ4v) is 9.58. The molecule has 370 valence electrons. The summed E-state index contributed by atoms with van der Waals surface area (Å²) in [6, 6.07) is 42.1. The zero-order chi connectivity index (χ0) is 50.8. The summed E-state index contributed by atoms with van der Waals surface area (Å²) in [5.41, 5.74) is 9.10. The average molecular weight is 957 g/mol. The third-order valence-electron chi connectivity index (χ3n) is 13.9. The summed E-state index contributed by atoms with van der Waals surface area (Å²) in [5, 5.41) is 27.4. The van der Waals surface area contributed by atoms with Gasteiger partial charge in [-0.05, 0) is 131 Å². The van der Waals surface area contributed by atoms with Gasteiger partial charge >= 0.3 is 0 Å². The van der Waals surface area contributed by atoms with Crippen LogP contribution in [-0.2, 0) is 10.8 Å². The second-order valence-electron chi connectivity index (χ2n) is 21.5. The van der Waals surface area contributed by atoms with Gasteiger partial charge in [0.15, 0.2) is 0 Å². The van der Waals surface area contributed by atoms with E-state index in [0.29, 0.717) is 46.4 Å². The number of unbranched alkanes of at least 4 members (excludes halogenated alkanes) is 10. The van der Waals surface area contributed by atoms with Gasteiger partial charge < -0.3 is 19.4 Å². The second-order valence-corrected chi connectivity index (χ2v) is 21.5. The molecule has 0 amide bonds. The molecule has 4 heterocycles. The largest absolute Gasteiger partial charge is 0.494 e. The Balaban J connectivity index is 1.33. The standard InChI is InChI=1S/C64H72N6O2/c1-9-11-13-15-17-19-37-71-49-29-21-43(22-30-49)59-57-58(62(69-59)52(42-66)56-34-26-46-40-48(64(6,7)8)28-36-54(46)68-56)60(44-23-31-50(32-24-44)72-38-20-18-16-14-12-10-2)70-61(57)51(41-65)55-33-25-45-39-47(63(3,4)5)27-35-53(45)67-55/h21-36,39-40,69-70H,9-20,37-38H2,1-8H3/b61-51-,62-52-. The van der Waals surface area contributed by atoms with Crippen molar-refractivity contribution in [3.8, 4) is 46.2 Å². The summed E-state index contributed by atoms with van der Waals surface area (Å²) in [7, 11) is 0. The Hall–Kier alpha value is -7.16. The molecule has 2 N–H and O–H groups in total. The zero-order valence-electron chi connectivity index (χ0n) is 43.9. The smallest absolute Gasteiger partial charge is 0.119 e. The normalized spacial score (nSPS) is 12.8. The van der Waals surface area contributed by atoms with Crippen LogP contribution in [0.1, 0.15) is 155 Å². The Morgan fingerprint density at radius 3 is 1.21 bits per heavy atom. The van der Waals surface area contributed by atoms with Gasteiger partial charge in [-0.2, -0.15) is 10.5 Å². The van der Waals surface area contributed by atoms with Crippen LogP contribution in [0.4, 0.5) is 0 Å². The third kappa shape index (κ3) is 11.8. The Bertz CT molecular complexity index is 3140. The van der Waals surface area contributed by atoms with Crippen molar-refractivity contribution in [3.05, 3.63) is 142 Å². The molecule has 0 radical (unpaired) electrons. The van der Waals surface area contributed by atoms with Gasteiger partial charge in [0.25, 0.3) is 0 Å². The predicted molar refractivity (Wildman–Crippen MR) is 298 cm³/mol. The van der Waals surface area contributed by atoms with Crippen LogP contribution in [-0.4, -0.2) is 33.1 Å². The van der Waals surface area contributed by atoms with E-state index in [9.17, 15) is 10.5 Å². The van der Waals surface area contributed by atoms with Crippen LogP contribution in [0, 0.1) is 22.7 Å². The molecule has 0 aliphatic heterocycles. The highest BCUT2D eigenvalue weighted by molar-refractivity contribution is 6.08. The molecule has 0 unspecified atom stereocenters. The van der Waals surface area contributed by atoms with E-state index >= 15 is 0 Å². The fraction of sp³-hybridized carbons (Fsp3) is 0.375. The van der Waals surface area contributed by atoms with Crippen LogP contribution in [0.15, 0.2) is 109 Å². The van der Waals surface area contributed by atoms with Crippen LogP contribution in [0.25, 0.3) is 66.2 Å². The molecule has 0 atom stereocenters. The number of aromatic nitrogens is 4. The Morgan fingerprint density at radius 2 is 0.847 bits per heavy atom. The maximum absolute atomic E-state index is 11.3. The monoisotopic (exact) mass is 957 g/mol. The molecule has 0 saturated carbocycles. The molecule has 8 nitrogen and oxygen atoms in total. The molecule has 0 spiro atoms. The van der Waals surface area contributed by atoms with Crippen molar-refractivity contribution in [2.45, 2.75) is 143 Å². The number of nitrogens with one attached hydrogen (secondary N) is 2. The van der Waals surface area contributed by atoms with Gasteiger partial charge in [0.1, 0.15) is 34.8 Å². The molecule has 0 fully saturated rings. The first kappa shape index (κ1) is 51.2. The Morgan fingerprint density at radius 1 is 0.472 bits per heavy atom. The van der Waals surface area contributed by atoms with Crippen molar-refractivity contribution in [3.63, 3.8) is 0 Å². The van der Waals surface area contributed by atoms with E-state index in [2.05, 4.69) is 138 Å². The lowest BCUT2D eigenvalue weighted by Crippen LogP contribution is -2.12. The minimum Gasteiger partial charge on any atom is -0.494 e. The van der Waals surface area contributed by atoms with Gasteiger partial charge in [-0.1, -0.05) is 144 Å². The third-order valence-corrected chi connectivity index (χ3v) is 13.9. The Labute approximate surface area is 426 Å². The van der Waals surface area contributed by atoms with Crippen molar-refractivity contribution < 1.29 is 9.47 Å². The molecular formula is C64H72N6O2. The number of ether oxygens (including phenoxy) is 2. The van der Waals surface area contributed by atoms with E-state index in [0.717, 1.165) is 92.3 Å². The van der Waals surface area contributed by atoms with Crippen LogP contribution in [0.2, 0.25) is 0 Å². The number of fused-ring (bicyclic) bond motifs is 3. The quantitative estimate of drug-likeness (QED) is 0.0734. The van der Waals surface area contributed by atoms with Gasteiger partial charge in [-0.15, -0.1) is 0 Å². The van der Waals surface area contributed by atoms with Gasteiger partial charge in [0, 0.05) is 21.5 Å². The summed E-state index contributed by atoms with van der Waals surface area (Å²) in [5.74, 6) is 1.59. The molecule has 8 aromatic rings. The van der Waals surface area contributed by atoms with Crippen molar-refractivity contribution in [2.75, 3.05) is 13.2 Å². The number of hydrogen-bond acceptors (Lipinski definition) is 6. The first-order chi connectivity index (χ1) is 34.8. The van der Waals surface area contributed by atoms with Gasteiger partial charge in [0.05, 0.1) is 57.7 Å². The van der Waals surface area contributed by atoms with E-state index in [4.69, 9.17) is 19.4 Å². The molecule has 4 aromatic carbocycles. The van der Waals surface area contributed by atoms with Crippen LogP contribution in [0.3, 0.4) is 0 Å². The first-order valence-corrected chi connectivity index (χ1v) is 26.4. The van der Waals surface area contributed by atoms with Gasteiger partial charge in [-0.25, -0.2) is 9.97 Å². The molecule has 0 aliphatic carbocycles. The number of hydrogen-bond donors (Lipinski definition) is 2. The molecule has 0 saturated heterocycles. The maximum Gasteiger partial charge on any atom is 0.119 e. The summed E-state index contributed by atoms with van der Waals surface area (Å²) >= 11 is 0. The van der Waals surface area contributed by atoms with E-state index in [1.54, 1.807) is 0 Å². The molecule has 8 rings (SSSR count). The number of pyridine rings is 2. The summed E-state index contributed by atoms with van der Waals surface area (Å²) in [4.78, 5) is 17.8. The molecule has 0 bridgehead atoms. The molecular weight excluding hydrogens is 885 g/mol. The predicted octanol–water partition coefficient (Wildman–Crippen LogP) is 15.4. The van der Waals surface area contributed by atoms with Gasteiger partial charge in [0.2, 0.25) is 0 Å². The molecule has 4 aromatic heterocycles. The lowest BCUT2D eigenvalue weighted by molar-refractivity contribution is 0.304. The highest BCUT2D eigenvalue weighted by atomic mass is 16.5. The van der Waals surface area contributed by atoms with E-state index in [1.807, 2.05) is 48.5 Å². The first-order valence-electron chi connectivity index (χ1n) is 26.4. The minimum absolute atomic E-state index is 0.0284. The number of benzene rings is 4. The fourth-order valence-electron chi connectivity index (χ4n) is 9.58. The van der Waals surface area contributed by atoms with Crippen molar-refractivity contribution in [2.24, 2.45) is 0 Å². The molecule has 0 aliphatic rings. The Kier molecular flexibility index (Phi) is 16.3. The summed E-state index contributed by atoms with van der Waals surface area (Å²) < 4.78 is 12.5. The number of H-pyrrole nitrogens is 2. The van der Waals surface area contributed by atoms with Gasteiger partial charge in [-0.3, -0.25) is 0 Å². The van der Waals surface area contributed by atoms with Crippen LogP contribution < -0.4 is 20.2 Å². The minimum atomic E-state index is -0.0284. The van der Waals surface area contributed by atoms with E-state index in [1.165, 1.54) is 62.5 Å². The number of nitriles is 2. The topological polar surface area (TPSA) is 123 Å². The van der Waals surface area contributed by atoms with E-state index in [-0.39, 0.29) is 10.8 Å². The second kappa shape index (κ2) is 22.9. The number of nitrogens with zero attached hydrogens (tertiary/aromatic N) is 4. The SMILES string of the molecule is CCCCCCCCOc1ccc(-c2[nH]/c(=C(/C#N)c3ccc4cc(C(C)(C)C)ccc4n3)c3c(-c4ccc(OCCCCCCCC)cc4)[nH]/c(=C(/C#N)c4ccc5cc(C(C)(C)C)ccc5n4)c23)cc1. The van der Waals surface area contributed by atoms with Crippen molar-refractivity contribution in [1.82, 2.24) is 19.9 Å².